The number of carbonyl (C=O) groups excluding carboxylic acids is 2. The Morgan fingerprint density at radius 3 is 2.37 bits per heavy atom. The number of fused-ring (bicyclic) bond motifs is 1. The van der Waals surface area contributed by atoms with Gasteiger partial charge >= 0.3 is 0 Å². The van der Waals surface area contributed by atoms with Crippen LogP contribution < -0.4 is 0 Å². The van der Waals surface area contributed by atoms with E-state index in [1.54, 1.807) is 0 Å². The van der Waals surface area contributed by atoms with Crippen LogP contribution in [0, 0.1) is 5.92 Å². The molecule has 0 bridgehead atoms. The number of rotatable bonds is 5. The SMILES string of the molecule is CC1CCN(C(=O)Cn2c(SCC(=O)N3CCCCCC3)nc3ccccc32)CC1. The monoisotopic (exact) mass is 428 g/mol. The molecule has 2 aromatic rings. The van der Waals surface area contributed by atoms with Gasteiger partial charge in [0.05, 0.1) is 16.8 Å². The second kappa shape index (κ2) is 9.86. The van der Waals surface area contributed by atoms with Crippen molar-refractivity contribution in [1.29, 1.82) is 0 Å². The Morgan fingerprint density at radius 1 is 0.967 bits per heavy atom. The highest BCUT2D eigenvalue weighted by Crippen LogP contribution is 2.26. The third-order valence-corrected chi connectivity index (χ3v) is 7.29. The van der Waals surface area contributed by atoms with Crippen LogP contribution >= 0.6 is 11.8 Å². The Hall–Kier alpha value is -2.02. The van der Waals surface area contributed by atoms with Crippen LogP contribution in [-0.4, -0.2) is 63.1 Å². The first kappa shape index (κ1) is 21.2. The van der Waals surface area contributed by atoms with Crippen molar-refractivity contribution in [3.05, 3.63) is 24.3 Å². The molecule has 0 unspecified atom stereocenters. The summed E-state index contributed by atoms with van der Waals surface area (Å²) in [4.78, 5) is 34.4. The van der Waals surface area contributed by atoms with Crippen molar-refractivity contribution in [1.82, 2.24) is 19.4 Å². The second-order valence-electron chi connectivity index (χ2n) is 8.62. The lowest BCUT2D eigenvalue weighted by Crippen LogP contribution is -2.39. The Morgan fingerprint density at radius 2 is 1.63 bits per heavy atom. The molecule has 0 aliphatic carbocycles. The Labute approximate surface area is 183 Å². The van der Waals surface area contributed by atoms with Gasteiger partial charge in [-0.25, -0.2) is 4.98 Å². The van der Waals surface area contributed by atoms with Crippen LogP contribution in [0.15, 0.2) is 29.4 Å². The van der Waals surface area contributed by atoms with Gasteiger partial charge in [0.15, 0.2) is 5.16 Å². The lowest BCUT2D eigenvalue weighted by atomic mass is 9.99. The van der Waals surface area contributed by atoms with Gasteiger partial charge in [-0.1, -0.05) is 43.7 Å². The maximum Gasteiger partial charge on any atom is 0.242 e. The molecule has 2 fully saturated rings. The Kier molecular flexibility index (Phi) is 6.97. The predicted octanol–water partition coefficient (Wildman–Crippen LogP) is 3.79. The van der Waals surface area contributed by atoms with Crippen LogP contribution in [0.1, 0.15) is 45.4 Å². The number of nitrogens with zero attached hydrogens (tertiary/aromatic N) is 4. The van der Waals surface area contributed by atoms with Crippen molar-refractivity contribution in [3.63, 3.8) is 0 Å². The van der Waals surface area contributed by atoms with E-state index in [9.17, 15) is 9.59 Å². The van der Waals surface area contributed by atoms with E-state index in [1.165, 1.54) is 24.6 Å². The van der Waals surface area contributed by atoms with E-state index in [2.05, 4.69) is 6.92 Å². The van der Waals surface area contributed by atoms with E-state index in [1.807, 2.05) is 38.6 Å². The van der Waals surface area contributed by atoms with E-state index < -0.39 is 0 Å². The van der Waals surface area contributed by atoms with Crippen molar-refractivity contribution in [2.75, 3.05) is 31.9 Å². The zero-order chi connectivity index (χ0) is 20.9. The van der Waals surface area contributed by atoms with Gasteiger partial charge in [-0.05, 0) is 43.7 Å². The zero-order valence-corrected chi connectivity index (χ0v) is 18.7. The Bertz CT molecular complexity index is 880. The average molecular weight is 429 g/mol. The highest BCUT2D eigenvalue weighted by molar-refractivity contribution is 7.99. The van der Waals surface area contributed by atoms with E-state index in [0.29, 0.717) is 11.7 Å². The van der Waals surface area contributed by atoms with Crippen molar-refractivity contribution >= 4 is 34.6 Å². The first-order chi connectivity index (χ1) is 14.6. The fourth-order valence-electron chi connectivity index (χ4n) is 4.35. The quantitative estimate of drug-likeness (QED) is 0.680. The molecule has 7 heteroatoms. The van der Waals surface area contributed by atoms with Gasteiger partial charge in [-0.15, -0.1) is 0 Å². The summed E-state index contributed by atoms with van der Waals surface area (Å²) in [6.45, 7) is 5.94. The molecule has 0 atom stereocenters. The molecular formula is C23H32N4O2S. The number of aromatic nitrogens is 2. The number of hydrogen-bond acceptors (Lipinski definition) is 4. The van der Waals surface area contributed by atoms with E-state index in [4.69, 9.17) is 4.98 Å². The highest BCUT2D eigenvalue weighted by atomic mass is 32.2. The number of para-hydroxylation sites is 2. The molecule has 0 spiro atoms. The number of thioether (sulfide) groups is 1. The molecular weight excluding hydrogens is 396 g/mol. The number of benzene rings is 1. The first-order valence-corrected chi connectivity index (χ1v) is 12.2. The van der Waals surface area contributed by atoms with Gasteiger partial charge in [0.1, 0.15) is 6.54 Å². The van der Waals surface area contributed by atoms with Gasteiger partial charge < -0.3 is 14.4 Å². The number of amides is 2. The summed E-state index contributed by atoms with van der Waals surface area (Å²) in [5, 5.41) is 0.762. The van der Waals surface area contributed by atoms with Gasteiger partial charge in [-0.3, -0.25) is 9.59 Å². The second-order valence-corrected chi connectivity index (χ2v) is 9.56. The average Bonchev–Trinajstić information content (AvgIpc) is 2.92. The molecule has 162 valence electrons. The van der Waals surface area contributed by atoms with Crippen LogP contribution in [0.5, 0.6) is 0 Å². The molecule has 4 rings (SSSR count). The third-order valence-electron chi connectivity index (χ3n) is 6.33. The fourth-order valence-corrected chi connectivity index (χ4v) is 5.26. The number of hydrogen-bond donors (Lipinski definition) is 0. The molecule has 2 aliphatic heterocycles. The minimum atomic E-state index is 0.144. The smallest absolute Gasteiger partial charge is 0.242 e. The number of carbonyl (C=O) groups is 2. The summed E-state index contributed by atoms with van der Waals surface area (Å²) in [5.74, 6) is 1.39. The molecule has 1 aromatic carbocycles. The summed E-state index contributed by atoms with van der Waals surface area (Å²) in [7, 11) is 0. The molecule has 0 N–H and O–H groups in total. The number of likely N-dealkylation sites (tertiary alicyclic amines) is 2. The van der Waals surface area contributed by atoms with Crippen molar-refractivity contribution in [2.24, 2.45) is 5.92 Å². The van der Waals surface area contributed by atoms with Crippen LogP contribution in [-0.2, 0) is 16.1 Å². The minimum Gasteiger partial charge on any atom is -0.342 e. The topological polar surface area (TPSA) is 58.4 Å². The molecule has 2 amide bonds. The Balaban J connectivity index is 1.47. The highest BCUT2D eigenvalue weighted by Gasteiger charge is 2.23. The fraction of sp³-hybridized carbons (Fsp3) is 0.609. The van der Waals surface area contributed by atoms with Crippen LogP contribution in [0.2, 0.25) is 0 Å². The largest absolute Gasteiger partial charge is 0.342 e. The molecule has 6 nitrogen and oxygen atoms in total. The summed E-state index contributed by atoms with van der Waals surface area (Å²) in [6, 6.07) is 7.92. The molecule has 1 aromatic heterocycles. The van der Waals surface area contributed by atoms with Crippen LogP contribution in [0.4, 0.5) is 0 Å². The summed E-state index contributed by atoms with van der Waals surface area (Å²) >= 11 is 1.46. The van der Waals surface area contributed by atoms with Crippen LogP contribution in [0.25, 0.3) is 11.0 Å². The van der Waals surface area contributed by atoms with Gasteiger partial charge in [0.25, 0.3) is 0 Å². The third kappa shape index (κ3) is 4.99. The van der Waals surface area contributed by atoms with Crippen molar-refractivity contribution < 1.29 is 9.59 Å². The summed E-state index contributed by atoms with van der Waals surface area (Å²) < 4.78 is 2.00. The standard InChI is InChI=1S/C23H32N4O2S/c1-18-10-14-26(15-11-18)21(28)16-27-20-9-5-4-8-19(20)24-23(27)30-17-22(29)25-12-6-2-3-7-13-25/h4-5,8-9,18H,2-3,6-7,10-17H2,1H3. The molecule has 30 heavy (non-hydrogen) atoms. The van der Waals surface area contributed by atoms with E-state index in [-0.39, 0.29) is 18.4 Å². The molecule has 2 aliphatic rings. The maximum absolute atomic E-state index is 13.0. The minimum absolute atomic E-state index is 0.144. The van der Waals surface area contributed by atoms with Gasteiger partial charge in [0, 0.05) is 26.2 Å². The molecule has 0 saturated carbocycles. The van der Waals surface area contributed by atoms with Gasteiger partial charge in [-0.2, -0.15) is 0 Å². The molecule has 2 saturated heterocycles. The maximum atomic E-state index is 13.0. The normalized spacial score (nSPS) is 18.6. The number of piperidine rings is 1. The van der Waals surface area contributed by atoms with Crippen LogP contribution in [0.3, 0.4) is 0 Å². The molecule has 3 heterocycles. The van der Waals surface area contributed by atoms with Gasteiger partial charge in [0.2, 0.25) is 11.8 Å². The van der Waals surface area contributed by atoms with E-state index in [0.717, 1.165) is 68.1 Å². The molecule has 0 radical (unpaired) electrons. The summed E-state index contributed by atoms with van der Waals surface area (Å²) in [5.41, 5.74) is 1.84. The first-order valence-electron chi connectivity index (χ1n) is 11.3. The van der Waals surface area contributed by atoms with Crippen molar-refractivity contribution in [2.45, 2.75) is 57.1 Å². The van der Waals surface area contributed by atoms with Crippen molar-refractivity contribution in [3.8, 4) is 0 Å². The number of imidazole rings is 1. The van der Waals surface area contributed by atoms with E-state index >= 15 is 0 Å². The zero-order valence-electron chi connectivity index (χ0n) is 17.9. The predicted molar refractivity (Wildman–Crippen MR) is 120 cm³/mol. The lowest BCUT2D eigenvalue weighted by Gasteiger charge is -2.30. The summed E-state index contributed by atoms with van der Waals surface area (Å²) in [6.07, 6.45) is 6.76. The lowest BCUT2D eigenvalue weighted by molar-refractivity contribution is -0.133.